The number of aromatic nitrogens is 2. The summed E-state index contributed by atoms with van der Waals surface area (Å²) in [5, 5.41) is 3.72. The first-order chi connectivity index (χ1) is 8.99. The minimum absolute atomic E-state index is 0.000685. The Hall–Kier alpha value is -1.82. The molecule has 2 aromatic heterocycles. The van der Waals surface area contributed by atoms with Crippen molar-refractivity contribution in [2.45, 2.75) is 26.8 Å². The van der Waals surface area contributed by atoms with Gasteiger partial charge in [0.15, 0.2) is 5.82 Å². The Labute approximate surface area is 114 Å². The molecule has 0 radical (unpaired) electrons. The van der Waals surface area contributed by atoms with E-state index < -0.39 is 11.7 Å². The molecule has 2 aromatic rings. The first-order valence-electron chi connectivity index (χ1n) is 5.83. The highest BCUT2D eigenvalue weighted by Gasteiger charge is 2.18. The molecule has 0 fully saturated rings. The number of carbonyl (C=O) groups is 1. The number of pyridine rings is 1. The summed E-state index contributed by atoms with van der Waals surface area (Å²) in [4.78, 5) is 20.9. The maximum atomic E-state index is 13.4. The van der Waals surface area contributed by atoms with Crippen LogP contribution >= 0.6 is 11.3 Å². The van der Waals surface area contributed by atoms with Crippen molar-refractivity contribution in [2.75, 3.05) is 0 Å². The molecule has 1 atom stereocenters. The predicted molar refractivity (Wildman–Crippen MR) is 71.7 cm³/mol. The summed E-state index contributed by atoms with van der Waals surface area (Å²) >= 11 is 1.53. The molecule has 0 saturated carbocycles. The van der Waals surface area contributed by atoms with E-state index in [4.69, 9.17) is 0 Å². The Bertz CT molecular complexity index is 612. The van der Waals surface area contributed by atoms with Gasteiger partial charge in [-0.2, -0.15) is 0 Å². The summed E-state index contributed by atoms with van der Waals surface area (Å²) in [5.41, 5.74) is 0.895. The molecule has 6 heteroatoms. The van der Waals surface area contributed by atoms with Crippen LogP contribution in [0.4, 0.5) is 4.39 Å². The number of hydrogen-bond acceptors (Lipinski definition) is 4. The molecule has 0 aromatic carbocycles. The van der Waals surface area contributed by atoms with Crippen LogP contribution in [0.1, 0.15) is 38.9 Å². The number of aryl methyl sites for hydroxylation is 2. The molecule has 2 rings (SSSR count). The van der Waals surface area contributed by atoms with Crippen molar-refractivity contribution in [1.29, 1.82) is 0 Å². The topological polar surface area (TPSA) is 54.9 Å². The molecule has 100 valence electrons. The van der Waals surface area contributed by atoms with Gasteiger partial charge in [-0.25, -0.2) is 9.37 Å². The van der Waals surface area contributed by atoms with Crippen LogP contribution in [0, 0.1) is 19.7 Å². The molecule has 0 aliphatic heterocycles. The van der Waals surface area contributed by atoms with Crippen LogP contribution in [0.5, 0.6) is 0 Å². The summed E-state index contributed by atoms with van der Waals surface area (Å²) < 4.78 is 13.4. The Morgan fingerprint density at radius 2 is 2.21 bits per heavy atom. The lowest BCUT2D eigenvalue weighted by Crippen LogP contribution is -2.27. The largest absolute Gasteiger partial charge is 0.345 e. The van der Waals surface area contributed by atoms with Gasteiger partial charge in [-0.1, -0.05) is 0 Å². The maximum Gasteiger partial charge on any atom is 0.254 e. The highest BCUT2D eigenvalue weighted by molar-refractivity contribution is 7.11. The number of thiazole rings is 1. The lowest BCUT2D eigenvalue weighted by atomic mass is 10.2. The van der Waals surface area contributed by atoms with Gasteiger partial charge in [-0.05, 0) is 26.8 Å². The van der Waals surface area contributed by atoms with E-state index in [1.54, 1.807) is 0 Å². The minimum atomic E-state index is -0.621. The normalized spacial score (nSPS) is 12.2. The van der Waals surface area contributed by atoms with E-state index >= 15 is 0 Å². The van der Waals surface area contributed by atoms with Crippen molar-refractivity contribution in [3.63, 3.8) is 0 Å². The van der Waals surface area contributed by atoms with Gasteiger partial charge in [0.05, 0.1) is 28.5 Å². The highest BCUT2D eigenvalue weighted by atomic mass is 32.1. The van der Waals surface area contributed by atoms with Crippen molar-refractivity contribution in [2.24, 2.45) is 0 Å². The van der Waals surface area contributed by atoms with Crippen LogP contribution in [0.25, 0.3) is 0 Å². The van der Waals surface area contributed by atoms with Crippen LogP contribution < -0.4 is 5.32 Å². The van der Waals surface area contributed by atoms with E-state index in [1.807, 2.05) is 20.8 Å². The lowest BCUT2D eigenvalue weighted by molar-refractivity contribution is 0.0936. The molecule has 0 saturated heterocycles. The van der Waals surface area contributed by atoms with Gasteiger partial charge >= 0.3 is 0 Å². The summed E-state index contributed by atoms with van der Waals surface area (Å²) in [6, 6.07) is 1.16. The molecular weight excluding hydrogens is 265 g/mol. The number of halogens is 1. The Morgan fingerprint density at radius 1 is 1.47 bits per heavy atom. The zero-order valence-electron chi connectivity index (χ0n) is 10.9. The SMILES string of the molecule is Cc1nc(C)c(C(C)NC(=O)c2ccncc2F)s1. The standard InChI is InChI=1S/C13H14FN3OS/c1-7-12(19-9(3)16-7)8(2)17-13(18)10-4-5-15-6-11(10)14/h4-6,8H,1-3H3,(H,17,18). The van der Waals surface area contributed by atoms with Gasteiger partial charge in [0, 0.05) is 11.1 Å². The maximum absolute atomic E-state index is 13.4. The summed E-state index contributed by atoms with van der Waals surface area (Å²) in [7, 11) is 0. The lowest BCUT2D eigenvalue weighted by Gasteiger charge is -2.13. The molecule has 0 aliphatic rings. The third-order valence-corrected chi connectivity index (χ3v) is 3.95. The Balaban J connectivity index is 2.15. The van der Waals surface area contributed by atoms with Crippen LogP contribution in [0.15, 0.2) is 18.5 Å². The van der Waals surface area contributed by atoms with Crippen molar-refractivity contribution < 1.29 is 9.18 Å². The molecule has 1 N–H and O–H groups in total. The third-order valence-electron chi connectivity index (χ3n) is 2.70. The molecular formula is C13H14FN3OS. The van der Waals surface area contributed by atoms with Gasteiger partial charge in [0.25, 0.3) is 5.91 Å². The van der Waals surface area contributed by atoms with E-state index in [-0.39, 0.29) is 11.6 Å². The van der Waals surface area contributed by atoms with E-state index in [0.29, 0.717) is 0 Å². The average Bonchev–Trinajstić information content (AvgIpc) is 2.69. The van der Waals surface area contributed by atoms with Gasteiger partial charge in [0.2, 0.25) is 0 Å². The van der Waals surface area contributed by atoms with Crippen LogP contribution in [-0.2, 0) is 0 Å². The van der Waals surface area contributed by atoms with E-state index in [1.165, 1.54) is 23.6 Å². The van der Waals surface area contributed by atoms with Crippen LogP contribution in [0.3, 0.4) is 0 Å². The van der Waals surface area contributed by atoms with Crippen LogP contribution in [-0.4, -0.2) is 15.9 Å². The number of amides is 1. The van der Waals surface area contributed by atoms with Crippen molar-refractivity contribution in [1.82, 2.24) is 15.3 Å². The fraction of sp³-hybridized carbons (Fsp3) is 0.308. The predicted octanol–water partition coefficient (Wildman–Crippen LogP) is 2.79. The molecule has 0 aliphatic carbocycles. The van der Waals surface area contributed by atoms with Gasteiger partial charge < -0.3 is 5.32 Å². The summed E-state index contributed by atoms with van der Waals surface area (Å²) in [6.07, 6.45) is 2.42. The summed E-state index contributed by atoms with van der Waals surface area (Å²) in [5.74, 6) is -1.07. The monoisotopic (exact) mass is 279 g/mol. The van der Waals surface area contributed by atoms with E-state index in [9.17, 15) is 9.18 Å². The van der Waals surface area contributed by atoms with E-state index in [0.717, 1.165) is 21.8 Å². The second kappa shape index (κ2) is 5.44. The number of hydrogen-bond donors (Lipinski definition) is 1. The fourth-order valence-corrected chi connectivity index (χ4v) is 2.78. The molecule has 0 spiro atoms. The molecule has 4 nitrogen and oxygen atoms in total. The second-order valence-electron chi connectivity index (χ2n) is 4.23. The zero-order chi connectivity index (χ0) is 14.0. The number of nitrogens with zero attached hydrogens (tertiary/aromatic N) is 2. The average molecular weight is 279 g/mol. The first-order valence-corrected chi connectivity index (χ1v) is 6.65. The Kier molecular flexibility index (Phi) is 3.90. The van der Waals surface area contributed by atoms with E-state index in [2.05, 4.69) is 15.3 Å². The number of rotatable bonds is 3. The highest BCUT2D eigenvalue weighted by Crippen LogP contribution is 2.24. The third kappa shape index (κ3) is 2.96. The van der Waals surface area contributed by atoms with Crippen LogP contribution in [0.2, 0.25) is 0 Å². The quantitative estimate of drug-likeness (QED) is 0.940. The smallest absolute Gasteiger partial charge is 0.254 e. The number of carbonyl (C=O) groups excluding carboxylic acids is 1. The van der Waals surface area contributed by atoms with Gasteiger partial charge in [-0.3, -0.25) is 9.78 Å². The molecule has 1 amide bonds. The molecule has 2 heterocycles. The van der Waals surface area contributed by atoms with Crippen molar-refractivity contribution in [3.05, 3.63) is 45.4 Å². The van der Waals surface area contributed by atoms with Gasteiger partial charge in [-0.15, -0.1) is 11.3 Å². The first kappa shape index (κ1) is 13.6. The van der Waals surface area contributed by atoms with Crippen molar-refractivity contribution in [3.8, 4) is 0 Å². The zero-order valence-corrected chi connectivity index (χ0v) is 11.7. The second-order valence-corrected chi connectivity index (χ2v) is 5.47. The number of nitrogens with one attached hydrogen (secondary N) is 1. The summed E-state index contributed by atoms with van der Waals surface area (Å²) in [6.45, 7) is 5.67. The Morgan fingerprint density at radius 3 is 2.79 bits per heavy atom. The molecule has 19 heavy (non-hydrogen) atoms. The van der Waals surface area contributed by atoms with Gasteiger partial charge in [0.1, 0.15) is 0 Å². The van der Waals surface area contributed by atoms with Crippen molar-refractivity contribution >= 4 is 17.2 Å². The fourth-order valence-electron chi connectivity index (χ4n) is 1.85. The molecule has 0 bridgehead atoms. The minimum Gasteiger partial charge on any atom is -0.345 e. The molecule has 1 unspecified atom stereocenters.